The summed E-state index contributed by atoms with van der Waals surface area (Å²) in [6.45, 7) is 12.9. The first-order valence-corrected chi connectivity index (χ1v) is 8.04. The average molecular weight is 467 g/mol. The van der Waals surface area contributed by atoms with E-state index in [-0.39, 0.29) is 24.0 Å². The third-order valence-corrected chi connectivity index (χ3v) is 2.77. The van der Waals surface area contributed by atoms with Gasteiger partial charge in [0.2, 0.25) is 0 Å². The van der Waals surface area contributed by atoms with Gasteiger partial charge in [0.25, 0.3) is 0 Å². The van der Waals surface area contributed by atoms with E-state index >= 15 is 0 Å². The number of hydrogen-bond acceptors (Lipinski definition) is 5. The van der Waals surface area contributed by atoms with E-state index in [1.807, 2.05) is 41.5 Å². The minimum absolute atomic E-state index is 0. The number of amides is 1. The monoisotopic (exact) mass is 467 g/mol. The van der Waals surface area contributed by atoms with Gasteiger partial charge < -0.3 is 25.2 Å². The Kier molecular flexibility index (Phi) is 9.83. The van der Waals surface area contributed by atoms with Crippen LogP contribution < -0.4 is 16.0 Å². The van der Waals surface area contributed by atoms with Crippen molar-refractivity contribution in [3.63, 3.8) is 0 Å². The van der Waals surface area contributed by atoms with Gasteiger partial charge in [-0.3, -0.25) is 0 Å². The van der Waals surface area contributed by atoms with Crippen molar-refractivity contribution in [2.24, 2.45) is 4.99 Å². The second-order valence-corrected chi connectivity index (χ2v) is 7.05. The third kappa shape index (κ3) is 10.8. The molecule has 0 radical (unpaired) electrons. The number of halogens is 1. The molecule has 9 heteroatoms. The third-order valence-electron chi connectivity index (χ3n) is 2.77. The molecular formula is C16H30IN5O3. The molecule has 0 fully saturated rings. The maximum Gasteiger partial charge on any atom is 0.408 e. The van der Waals surface area contributed by atoms with Gasteiger partial charge in [-0.25, -0.2) is 9.79 Å². The summed E-state index contributed by atoms with van der Waals surface area (Å²) in [6, 6.07) is 1.76. The second-order valence-electron chi connectivity index (χ2n) is 7.05. The minimum Gasteiger partial charge on any atom is -0.444 e. The molecule has 0 atom stereocenters. The van der Waals surface area contributed by atoms with Gasteiger partial charge in [-0.15, -0.1) is 24.0 Å². The van der Waals surface area contributed by atoms with Crippen LogP contribution in [0.3, 0.4) is 0 Å². The van der Waals surface area contributed by atoms with Crippen molar-refractivity contribution in [1.29, 1.82) is 0 Å². The number of rotatable bonds is 6. The van der Waals surface area contributed by atoms with E-state index < -0.39 is 17.2 Å². The van der Waals surface area contributed by atoms with E-state index in [2.05, 4.69) is 26.1 Å². The SMILES string of the molecule is CCNC(=NCc1ccon1)NCC(C)(C)NC(=O)OC(C)(C)C.I. The zero-order chi connectivity index (χ0) is 18.2. The first-order chi connectivity index (χ1) is 11.1. The lowest BCUT2D eigenvalue weighted by molar-refractivity contribution is 0.0474. The fraction of sp³-hybridized carbons (Fsp3) is 0.688. The molecule has 3 N–H and O–H groups in total. The predicted octanol–water partition coefficient (Wildman–Crippen LogP) is 2.65. The summed E-state index contributed by atoms with van der Waals surface area (Å²) in [4.78, 5) is 16.3. The number of aromatic nitrogens is 1. The molecule has 0 aromatic carbocycles. The van der Waals surface area contributed by atoms with Gasteiger partial charge in [-0.1, -0.05) is 5.16 Å². The number of carbonyl (C=O) groups excluding carboxylic acids is 1. The highest BCUT2D eigenvalue weighted by molar-refractivity contribution is 14.0. The van der Waals surface area contributed by atoms with Crippen molar-refractivity contribution < 1.29 is 14.1 Å². The summed E-state index contributed by atoms with van der Waals surface area (Å²) in [5, 5.41) is 13.0. The molecule has 25 heavy (non-hydrogen) atoms. The first-order valence-electron chi connectivity index (χ1n) is 8.04. The van der Waals surface area contributed by atoms with E-state index in [0.29, 0.717) is 19.0 Å². The number of carbonyl (C=O) groups is 1. The predicted molar refractivity (Wildman–Crippen MR) is 108 cm³/mol. The molecule has 144 valence electrons. The van der Waals surface area contributed by atoms with E-state index in [1.54, 1.807) is 6.07 Å². The Morgan fingerprint density at radius 2 is 1.96 bits per heavy atom. The Morgan fingerprint density at radius 1 is 1.28 bits per heavy atom. The Labute approximate surface area is 166 Å². The van der Waals surface area contributed by atoms with Crippen LogP contribution in [0.2, 0.25) is 0 Å². The highest BCUT2D eigenvalue weighted by atomic mass is 127. The fourth-order valence-electron chi connectivity index (χ4n) is 1.75. The van der Waals surface area contributed by atoms with E-state index in [0.717, 1.165) is 12.2 Å². The number of alkyl carbamates (subject to hydrolysis) is 1. The molecule has 0 unspecified atom stereocenters. The van der Waals surface area contributed by atoms with Crippen molar-refractivity contribution >= 4 is 36.0 Å². The zero-order valence-electron chi connectivity index (χ0n) is 15.8. The zero-order valence-corrected chi connectivity index (χ0v) is 18.1. The Bertz CT molecular complexity index is 538. The van der Waals surface area contributed by atoms with E-state index in [4.69, 9.17) is 9.26 Å². The van der Waals surface area contributed by atoms with E-state index in [1.165, 1.54) is 6.26 Å². The number of nitrogens with zero attached hydrogens (tertiary/aromatic N) is 2. The molecule has 1 amide bonds. The van der Waals surface area contributed by atoms with Crippen molar-refractivity contribution in [2.45, 2.75) is 59.2 Å². The Morgan fingerprint density at radius 3 is 2.48 bits per heavy atom. The molecular weight excluding hydrogens is 437 g/mol. The maximum absolute atomic E-state index is 11.9. The number of aliphatic imine (C=N–C) groups is 1. The van der Waals surface area contributed by atoms with Gasteiger partial charge in [0.05, 0.1) is 12.1 Å². The lowest BCUT2D eigenvalue weighted by atomic mass is 10.1. The summed E-state index contributed by atoms with van der Waals surface area (Å²) in [6.07, 6.45) is 1.07. The fourth-order valence-corrected chi connectivity index (χ4v) is 1.75. The smallest absolute Gasteiger partial charge is 0.408 e. The van der Waals surface area contributed by atoms with Crippen LogP contribution in [0.4, 0.5) is 4.79 Å². The highest BCUT2D eigenvalue weighted by Gasteiger charge is 2.24. The van der Waals surface area contributed by atoms with Crippen molar-refractivity contribution in [1.82, 2.24) is 21.1 Å². The summed E-state index contributed by atoms with van der Waals surface area (Å²) in [7, 11) is 0. The normalized spacial score (nSPS) is 12.2. The van der Waals surface area contributed by atoms with Gasteiger partial charge in [-0.05, 0) is 41.5 Å². The van der Waals surface area contributed by atoms with Gasteiger partial charge in [0, 0.05) is 19.2 Å². The van der Waals surface area contributed by atoms with Gasteiger partial charge >= 0.3 is 6.09 Å². The molecule has 0 aliphatic carbocycles. The lowest BCUT2D eigenvalue weighted by Gasteiger charge is -2.29. The summed E-state index contributed by atoms with van der Waals surface area (Å²) in [5.74, 6) is 0.638. The molecule has 8 nitrogen and oxygen atoms in total. The van der Waals surface area contributed by atoms with Crippen LogP contribution in [0.25, 0.3) is 0 Å². The molecule has 0 spiro atoms. The molecule has 1 rings (SSSR count). The topological polar surface area (TPSA) is 101 Å². The van der Waals surface area contributed by atoms with Crippen molar-refractivity contribution in [2.75, 3.05) is 13.1 Å². The van der Waals surface area contributed by atoms with Crippen LogP contribution in [0.15, 0.2) is 21.8 Å². The van der Waals surface area contributed by atoms with Crippen molar-refractivity contribution in [3.05, 3.63) is 18.0 Å². The number of hydrogen-bond donors (Lipinski definition) is 3. The van der Waals surface area contributed by atoms with Crippen LogP contribution in [0, 0.1) is 0 Å². The second kappa shape index (κ2) is 10.5. The molecule has 0 bridgehead atoms. The molecule has 0 aliphatic rings. The number of nitrogens with one attached hydrogen (secondary N) is 3. The van der Waals surface area contributed by atoms with Crippen LogP contribution in [-0.2, 0) is 11.3 Å². The Hall–Kier alpha value is -1.52. The van der Waals surface area contributed by atoms with Gasteiger partial charge in [-0.2, -0.15) is 0 Å². The average Bonchev–Trinajstić information content (AvgIpc) is 2.92. The van der Waals surface area contributed by atoms with Crippen molar-refractivity contribution in [3.8, 4) is 0 Å². The summed E-state index contributed by atoms with van der Waals surface area (Å²) in [5.41, 5.74) is -0.285. The highest BCUT2D eigenvalue weighted by Crippen LogP contribution is 2.09. The molecule has 0 saturated heterocycles. The quantitative estimate of drug-likeness (QED) is 0.338. The van der Waals surface area contributed by atoms with E-state index in [9.17, 15) is 4.79 Å². The van der Waals surface area contributed by atoms with Gasteiger partial charge in [0.15, 0.2) is 5.96 Å². The molecule has 1 aromatic heterocycles. The molecule has 0 saturated carbocycles. The largest absolute Gasteiger partial charge is 0.444 e. The van der Waals surface area contributed by atoms with Gasteiger partial charge in [0.1, 0.15) is 17.6 Å². The van der Waals surface area contributed by atoms with Crippen LogP contribution in [0.1, 0.15) is 47.2 Å². The molecule has 1 heterocycles. The van der Waals surface area contributed by atoms with Crippen LogP contribution >= 0.6 is 24.0 Å². The molecule has 1 aromatic rings. The first kappa shape index (κ1) is 23.5. The number of guanidine groups is 1. The van der Waals surface area contributed by atoms with Crippen LogP contribution in [0.5, 0.6) is 0 Å². The summed E-state index contributed by atoms with van der Waals surface area (Å²) < 4.78 is 10.1. The number of ether oxygens (including phenoxy) is 1. The lowest BCUT2D eigenvalue weighted by Crippen LogP contribution is -2.54. The molecule has 0 aliphatic heterocycles. The standard InChI is InChI=1S/C16H29N5O3.HI/c1-7-17-13(18-10-12-8-9-23-21-12)19-11-16(5,6)20-14(22)24-15(2,3)4;/h8-9H,7,10-11H2,1-6H3,(H,20,22)(H2,17,18,19);1H. The minimum atomic E-state index is -0.526. The maximum atomic E-state index is 11.9. The Balaban J connectivity index is 0.00000576. The van der Waals surface area contributed by atoms with Crippen LogP contribution in [-0.4, -0.2) is 41.4 Å². The summed E-state index contributed by atoms with van der Waals surface area (Å²) >= 11 is 0.